The van der Waals surface area contributed by atoms with Gasteiger partial charge in [0.1, 0.15) is 5.82 Å². The fraction of sp³-hybridized carbons (Fsp3) is 0.222. The number of oxazole rings is 1. The monoisotopic (exact) mass is 338 g/mol. The number of nitrogens with one attached hydrogen (secondary N) is 2. The molecule has 0 fully saturated rings. The van der Waals surface area contributed by atoms with Crippen LogP contribution in [-0.2, 0) is 0 Å². The standard InChI is InChI=1S/C18H18N4O3/c1-4-19-17(23)13-9-15(21-14-8-6-5-7-12(13)14)22-18(24)16-10(2)20-11(3)25-16/h5-9H,4H2,1-3H3,(H,19,23)(H,21,22,24). The van der Waals surface area contributed by atoms with Crippen LogP contribution in [0.1, 0.15) is 39.4 Å². The van der Waals surface area contributed by atoms with E-state index >= 15 is 0 Å². The second kappa shape index (κ2) is 6.72. The second-order valence-corrected chi connectivity index (χ2v) is 5.53. The molecule has 0 aliphatic heterocycles. The maximum Gasteiger partial charge on any atom is 0.294 e. The normalized spacial score (nSPS) is 10.7. The molecule has 0 saturated carbocycles. The third kappa shape index (κ3) is 3.35. The quantitative estimate of drug-likeness (QED) is 0.762. The van der Waals surface area contributed by atoms with E-state index in [1.807, 2.05) is 25.1 Å². The molecule has 0 aliphatic carbocycles. The van der Waals surface area contributed by atoms with E-state index in [0.717, 1.165) is 5.39 Å². The van der Waals surface area contributed by atoms with Crippen LogP contribution in [0.15, 0.2) is 34.7 Å². The van der Waals surface area contributed by atoms with Gasteiger partial charge in [-0.1, -0.05) is 18.2 Å². The highest BCUT2D eigenvalue weighted by Crippen LogP contribution is 2.21. The predicted octanol–water partition coefficient (Wildman–Crippen LogP) is 2.84. The van der Waals surface area contributed by atoms with Gasteiger partial charge in [-0.15, -0.1) is 0 Å². The summed E-state index contributed by atoms with van der Waals surface area (Å²) < 4.78 is 5.32. The van der Waals surface area contributed by atoms with Gasteiger partial charge in [0.15, 0.2) is 5.89 Å². The number of para-hydroxylation sites is 1. The van der Waals surface area contributed by atoms with E-state index in [2.05, 4.69) is 20.6 Å². The van der Waals surface area contributed by atoms with Crippen LogP contribution < -0.4 is 10.6 Å². The minimum absolute atomic E-state index is 0.131. The summed E-state index contributed by atoms with van der Waals surface area (Å²) in [4.78, 5) is 33.2. The number of pyridine rings is 1. The van der Waals surface area contributed by atoms with E-state index in [9.17, 15) is 9.59 Å². The van der Waals surface area contributed by atoms with Crippen molar-refractivity contribution in [1.29, 1.82) is 0 Å². The number of rotatable bonds is 4. The molecule has 1 aromatic carbocycles. The molecule has 2 aromatic heterocycles. The highest BCUT2D eigenvalue weighted by atomic mass is 16.4. The minimum Gasteiger partial charge on any atom is -0.436 e. The van der Waals surface area contributed by atoms with Gasteiger partial charge >= 0.3 is 0 Å². The Kier molecular flexibility index (Phi) is 4.47. The van der Waals surface area contributed by atoms with Crippen molar-refractivity contribution in [1.82, 2.24) is 15.3 Å². The third-order valence-corrected chi connectivity index (χ3v) is 3.65. The summed E-state index contributed by atoms with van der Waals surface area (Å²) in [5.41, 5.74) is 1.57. The Hall–Kier alpha value is -3.22. The molecule has 128 valence electrons. The van der Waals surface area contributed by atoms with Gasteiger partial charge in [0.05, 0.1) is 16.8 Å². The Morgan fingerprint density at radius 3 is 2.56 bits per heavy atom. The number of benzene rings is 1. The molecule has 0 radical (unpaired) electrons. The van der Waals surface area contributed by atoms with Crippen molar-refractivity contribution in [3.05, 3.63) is 53.2 Å². The molecule has 7 nitrogen and oxygen atoms in total. The summed E-state index contributed by atoms with van der Waals surface area (Å²) in [5, 5.41) is 6.17. The first-order valence-electron chi connectivity index (χ1n) is 7.93. The predicted molar refractivity (Wildman–Crippen MR) is 93.7 cm³/mol. The van der Waals surface area contributed by atoms with Gasteiger partial charge in [0, 0.05) is 18.9 Å². The first-order chi connectivity index (χ1) is 12.0. The zero-order valence-electron chi connectivity index (χ0n) is 14.2. The van der Waals surface area contributed by atoms with Crippen molar-refractivity contribution in [2.45, 2.75) is 20.8 Å². The van der Waals surface area contributed by atoms with Crippen molar-refractivity contribution in [2.24, 2.45) is 0 Å². The lowest BCUT2D eigenvalue weighted by atomic mass is 10.1. The van der Waals surface area contributed by atoms with Crippen LogP contribution in [0.25, 0.3) is 10.9 Å². The number of amides is 2. The Morgan fingerprint density at radius 1 is 1.12 bits per heavy atom. The van der Waals surface area contributed by atoms with Crippen molar-refractivity contribution in [3.63, 3.8) is 0 Å². The number of hydrogen-bond donors (Lipinski definition) is 2. The van der Waals surface area contributed by atoms with Crippen molar-refractivity contribution < 1.29 is 14.0 Å². The van der Waals surface area contributed by atoms with Crippen LogP contribution in [0.3, 0.4) is 0 Å². The van der Waals surface area contributed by atoms with Crippen molar-refractivity contribution in [3.8, 4) is 0 Å². The number of anilines is 1. The largest absolute Gasteiger partial charge is 0.436 e. The molecule has 2 N–H and O–H groups in total. The van der Waals surface area contributed by atoms with Crippen molar-refractivity contribution in [2.75, 3.05) is 11.9 Å². The van der Waals surface area contributed by atoms with Crippen LogP contribution in [0.5, 0.6) is 0 Å². The zero-order valence-corrected chi connectivity index (χ0v) is 14.2. The van der Waals surface area contributed by atoms with E-state index in [-0.39, 0.29) is 17.5 Å². The number of carbonyl (C=O) groups excluding carboxylic acids is 2. The highest BCUT2D eigenvalue weighted by Gasteiger charge is 2.18. The van der Waals surface area contributed by atoms with Gasteiger partial charge in [-0.25, -0.2) is 9.97 Å². The van der Waals surface area contributed by atoms with Crippen LogP contribution in [0, 0.1) is 13.8 Å². The molecule has 7 heteroatoms. The first kappa shape index (κ1) is 16.6. The maximum absolute atomic E-state index is 12.4. The van der Waals surface area contributed by atoms with Gasteiger partial charge in [-0.05, 0) is 26.0 Å². The van der Waals surface area contributed by atoms with E-state index in [4.69, 9.17) is 4.42 Å². The van der Waals surface area contributed by atoms with Gasteiger partial charge < -0.3 is 15.1 Å². The van der Waals surface area contributed by atoms with Crippen LogP contribution in [-0.4, -0.2) is 28.3 Å². The average molecular weight is 338 g/mol. The van der Waals surface area contributed by atoms with E-state index in [1.165, 1.54) is 0 Å². The molecule has 3 aromatic rings. The van der Waals surface area contributed by atoms with Crippen LogP contribution >= 0.6 is 0 Å². The molecular weight excluding hydrogens is 320 g/mol. The number of hydrogen-bond acceptors (Lipinski definition) is 5. The van der Waals surface area contributed by atoms with Gasteiger partial charge in [-0.3, -0.25) is 9.59 Å². The molecule has 25 heavy (non-hydrogen) atoms. The maximum atomic E-state index is 12.4. The zero-order chi connectivity index (χ0) is 18.0. The molecule has 2 heterocycles. The minimum atomic E-state index is -0.456. The lowest BCUT2D eigenvalue weighted by Crippen LogP contribution is -2.23. The molecule has 3 rings (SSSR count). The Morgan fingerprint density at radius 2 is 1.88 bits per heavy atom. The number of fused-ring (bicyclic) bond motifs is 1. The topological polar surface area (TPSA) is 97.1 Å². The average Bonchev–Trinajstić information content (AvgIpc) is 2.93. The highest BCUT2D eigenvalue weighted by molar-refractivity contribution is 6.09. The number of aromatic nitrogens is 2. The number of carbonyl (C=O) groups is 2. The van der Waals surface area contributed by atoms with Crippen LogP contribution in [0.4, 0.5) is 5.82 Å². The summed E-state index contributed by atoms with van der Waals surface area (Å²) in [6.07, 6.45) is 0. The fourth-order valence-electron chi connectivity index (χ4n) is 2.60. The SMILES string of the molecule is CCNC(=O)c1cc(NC(=O)c2oc(C)nc2C)nc2ccccc12. The molecular formula is C18H18N4O3. The summed E-state index contributed by atoms with van der Waals surface area (Å²) in [6.45, 7) is 5.72. The van der Waals surface area contributed by atoms with Crippen LogP contribution in [0.2, 0.25) is 0 Å². The molecule has 0 unspecified atom stereocenters. The van der Waals surface area contributed by atoms with E-state index in [1.54, 1.807) is 26.0 Å². The summed E-state index contributed by atoms with van der Waals surface area (Å²) in [5.74, 6) is 0.147. The molecule has 0 saturated heterocycles. The van der Waals surface area contributed by atoms with E-state index in [0.29, 0.717) is 29.2 Å². The number of aryl methyl sites for hydroxylation is 2. The Bertz CT molecular complexity index is 962. The van der Waals surface area contributed by atoms with Gasteiger partial charge in [0.25, 0.3) is 11.8 Å². The lowest BCUT2D eigenvalue weighted by molar-refractivity contribution is 0.0955. The molecule has 0 bridgehead atoms. The summed E-state index contributed by atoms with van der Waals surface area (Å²) in [6, 6.07) is 8.84. The molecule has 0 spiro atoms. The summed E-state index contributed by atoms with van der Waals surface area (Å²) >= 11 is 0. The molecule has 2 amide bonds. The number of nitrogens with zero attached hydrogens (tertiary/aromatic N) is 2. The second-order valence-electron chi connectivity index (χ2n) is 5.53. The fourth-order valence-corrected chi connectivity index (χ4v) is 2.60. The third-order valence-electron chi connectivity index (χ3n) is 3.65. The Labute approximate surface area is 144 Å². The van der Waals surface area contributed by atoms with Gasteiger partial charge in [-0.2, -0.15) is 0 Å². The smallest absolute Gasteiger partial charge is 0.294 e. The molecule has 0 aliphatic rings. The summed E-state index contributed by atoms with van der Waals surface area (Å²) in [7, 11) is 0. The van der Waals surface area contributed by atoms with Crippen molar-refractivity contribution >= 4 is 28.5 Å². The van der Waals surface area contributed by atoms with E-state index < -0.39 is 5.91 Å². The molecule has 0 atom stereocenters. The lowest BCUT2D eigenvalue weighted by Gasteiger charge is -2.10. The Balaban J connectivity index is 2.00. The first-order valence-corrected chi connectivity index (χ1v) is 7.93. The van der Waals surface area contributed by atoms with Gasteiger partial charge in [0.2, 0.25) is 5.76 Å².